The van der Waals surface area contributed by atoms with Gasteiger partial charge in [0.05, 0.1) is 5.56 Å². The second-order valence-electron chi connectivity index (χ2n) is 8.21. The number of ether oxygens (including phenoxy) is 1. The average molecular weight is 536 g/mol. The Labute approximate surface area is 213 Å². The highest BCUT2D eigenvalue weighted by Gasteiger charge is 2.34. The third kappa shape index (κ3) is 6.14. The minimum atomic E-state index is -4.64. The number of hydrogen-bond donors (Lipinski definition) is 4. The van der Waals surface area contributed by atoms with Gasteiger partial charge in [-0.3, -0.25) is 15.5 Å². The number of thiazole rings is 1. The summed E-state index contributed by atoms with van der Waals surface area (Å²) in [5.41, 5.74) is 1.98. The summed E-state index contributed by atoms with van der Waals surface area (Å²) in [6.07, 6.45) is 1.60. The number of nitrogen functional groups attached to an aromatic ring is 1. The largest absolute Gasteiger partial charge is 0.474 e. The van der Waals surface area contributed by atoms with Crippen LogP contribution < -0.4 is 26.6 Å². The van der Waals surface area contributed by atoms with Gasteiger partial charge in [-0.15, -0.1) is 11.3 Å². The molecular weight excluding hydrogens is 511 g/mol. The molecule has 0 spiro atoms. The van der Waals surface area contributed by atoms with Gasteiger partial charge in [-0.2, -0.15) is 13.2 Å². The van der Waals surface area contributed by atoms with Crippen LogP contribution in [0.25, 0.3) is 21.7 Å². The van der Waals surface area contributed by atoms with E-state index in [2.05, 4.69) is 25.6 Å². The van der Waals surface area contributed by atoms with E-state index in [4.69, 9.17) is 10.6 Å². The van der Waals surface area contributed by atoms with E-state index in [0.29, 0.717) is 17.7 Å². The first-order valence-electron chi connectivity index (χ1n) is 11.5. The molecule has 1 fully saturated rings. The molecule has 4 rings (SSSR count). The molecule has 0 saturated heterocycles. The van der Waals surface area contributed by atoms with Crippen molar-refractivity contribution in [2.24, 2.45) is 5.84 Å². The summed E-state index contributed by atoms with van der Waals surface area (Å²) < 4.78 is 46.1. The number of aromatic nitrogens is 3. The number of nitrogens with zero attached hydrogens (tertiary/aromatic N) is 3. The zero-order chi connectivity index (χ0) is 26.6. The number of nitrogens with two attached hydrogens (primary N) is 1. The number of hydrazine groups is 1. The van der Waals surface area contributed by atoms with Crippen molar-refractivity contribution in [3.05, 3.63) is 41.2 Å². The number of halogens is 3. The van der Waals surface area contributed by atoms with Gasteiger partial charge in [-0.25, -0.2) is 25.6 Å². The maximum Gasteiger partial charge on any atom is 0.434 e. The summed E-state index contributed by atoms with van der Waals surface area (Å²) in [6, 6.07) is 2.37. The molecular formula is C23H24F3N7O3S. The van der Waals surface area contributed by atoms with Crippen molar-refractivity contribution in [2.45, 2.75) is 44.9 Å². The van der Waals surface area contributed by atoms with Crippen LogP contribution in [-0.4, -0.2) is 39.5 Å². The van der Waals surface area contributed by atoms with E-state index in [1.807, 2.05) is 5.43 Å². The van der Waals surface area contributed by atoms with Gasteiger partial charge in [0, 0.05) is 41.0 Å². The smallest absolute Gasteiger partial charge is 0.434 e. The number of nitrogens with one attached hydrogen (secondary N) is 3. The van der Waals surface area contributed by atoms with Crippen LogP contribution in [0.2, 0.25) is 0 Å². The Hall–Kier alpha value is -3.78. The maximum absolute atomic E-state index is 13.3. The van der Waals surface area contributed by atoms with Gasteiger partial charge in [0.1, 0.15) is 16.9 Å². The molecule has 3 aromatic heterocycles. The number of amides is 3. The molecule has 196 valence electrons. The number of rotatable bonds is 7. The van der Waals surface area contributed by atoms with Gasteiger partial charge in [0.15, 0.2) is 5.69 Å². The molecule has 0 unspecified atom stereocenters. The number of carbonyl (C=O) groups is 2. The molecule has 3 aromatic rings. The van der Waals surface area contributed by atoms with E-state index in [0.717, 1.165) is 42.4 Å². The van der Waals surface area contributed by atoms with Crippen molar-refractivity contribution in [3.63, 3.8) is 0 Å². The summed E-state index contributed by atoms with van der Waals surface area (Å²) in [4.78, 5) is 36.6. The standard InChI is InChI=1S/C23H24F3N7O3S/c1-2-28-22(35)32-18-8-15(21-31-17(11-37-21)23(24,25)26)16(10-29-18)14-7-12(19(34)33-27)9-30-20(14)36-13-5-3-4-6-13/h7-11,13H,2-6,27H2,1H3,(H,33,34)(H2,28,29,32,35). The van der Waals surface area contributed by atoms with E-state index in [9.17, 15) is 22.8 Å². The van der Waals surface area contributed by atoms with Crippen molar-refractivity contribution >= 4 is 29.1 Å². The summed E-state index contributed by atoms with van der Waals surface area (Å²) in [5.74, 6) is 4.96. The third-order valence-corrected chi connectivity index (χ3v) is 6.50. The Morgan fingerprint density at radius 1 is 1.14 bits per heavy atom. The molecule has 0 bridgehead atoms. The predicted octanol–water partition coefficient (Wildman–Crippen LogP) is 4.35. The molecule has 1 aliphatic rings. The first-order valence-corrected chi connectivity index (χ1v) is 12.3. The lowest BCUT2D eigenvalue weighted by atomic mass is 10.0. The molecule has 3 heterocycles. The highest BCUT2D eigenvalue weighted by atomic mass is 32.1. The van der Waals surface area contributed by atoms with Crippen molar-refractivity contribution in [1.29, 1.82) is 0 Å². The lowest BCUT2D eigenvalue weighted by molar-refractivity contribution is -0.140. The lowest BCUT2D eigenvalue weighted by Gasteiger charge is -2.18. The van der Waals surface area contributed by atoms with E-state index < -0.39 is 23.8 Å². The minimum Gasteiger partial charge on any atom is -0.474 e. The second kappa shape index (κ2) is 11.1. The van der Waals surface area contributed by atoms with Crippen LogP contribution in [0, 0.1) is 0 Å². The first-order chi connectivity index (χ1) is 17.7. The number of carbonyl (C=O) groups excluding carboxylic acids is 2. The number of urea groups is 1. The Morgan fingerprint density at radius 2 is 1.89 bits per heavy atom. The van der Waals surface area contributed by atoms with Crippen LogP contribution in [-0.2, 0) is 6.18 Å². The highest BCUT2D eigenvalue weighted by Crippen LogP contribution is 2.41. The molecule has 5 N–H and O–H groups in total. The SMILES string of the molecule is CCNC(=O)Nc1cc(-c2nc(C(F)(F)F)cs2)c(-c2cc(C(=O)NN)cnc2OC2CCCC2)cn1. The van der Waals surface area contributed by atoms with E-state index in [-0.39, 0.29) is 33.9 Å². The average Bonchev–Trinajstić information content (AvgIpc) is 3.56. The third-order valence-electron chi connectivity index (χ3n) is 5.62. The Bertz CT molecular complexity index is 1290. The zero-order valence-electron chi connectivity index (χ0n) is 19.7. The Balaban J connectivity index is 1.86. The number of alkyl halides is 3. The minimum absolute atomic E-state index is 0.0316. The molecule has 0 radical (unpaired) electrons. The fourth-order valence-corrected chi connectivity index (χ4v) is 4.73. The predicted molar refractivity (Wildman–Crippen MR) is 131 cm³/mol. The molecule has 3 amide bonds. The molecule has 37 heavy (non-hydrogen) atoms. The van der Waals surface area contributed by atoms with E-state index in [1.165, 1.54) is 24.5 Å². The fourth-order valence-electron chi connectivity index (χ4n) is 3.87. The van der Waals surface area contributed by atoms with Crippen LogP contribution in [0.4, 0.5) is 23.8 Å². The maximum atomic E-state index is 13.3. The normalized spacial score (nSPS) is 13.9. The molecule has 0 atom stereocenters. The van der Waals surface area contributed by atoms with Crippen molar-refractivity contribution in [1.82, 2.24) is 25.7 Å². The Kier molecular flexibility index (Phi) is 7.88. The van der Waals surface area contributed by atoms with Gasteiger partial charge < -0.3 is 10.1 Å². The van der Waals surface area contributed by atoms with Crippen molar-refractivity contribution < 1.29 is 27.5 Å². The van der Waals surface area contributed by atoms with Crippen LogP contribution in [0.1, 0.15) is 48.7 Å². The fraction of sp³-hybridized carbons (Fsp3) is 0.348. The summed E-state index contributed by atoms with van der Waals surface area (Å²) in [6.45, 7) is 2.10. The Morgan fingerprint density at radius 3 is 2.54 bits per heavy atom. The van der Waals surface area contributed by atoms with Crippen LogP contribution in [0.5, 0.6) is 5.88 Å². The van der Waals surface area contributed by atoms with Crippen LogP contribution in [0.3, 0.4) is 0 Å². The van der Waals surface area contributed by atoms with E-state index >= 15 is 0 Å². The van der Waals surface area contributed by atoms with Gasteiger partial charge in [0.2, 0.25) is 5.88 Å². The molecule has 0 aromatic carbocycles. The molecule has 1 aliphatic carbocycles. The molecule has 0 aliphatic heterocycles. The van der Waals surface area contributed by atoms with Gasteiger partial charge >= 0.3 is 12.2 Å². The lowest BCUT2D eigenvalue weighted by Crippen LogP contribution is -2.30. The summed E-state index contributed by atoms with van der Waals surface area (Å²) >= 11 is 0.782. The summed E-state index contributed by atoms with van der Waals surface area (Å²) in [7, 11) is 0. The second-order valence-corrected chi connectivity index (χ2v) is 9.07. The van der Waals surface area contributed by atoms with Crippen LogP contribution in [0.15, 0.2) is 29.9 Å². The molecule has 10 nitrogen and oxygen atoms in total. The number of anilines is 1. The van der Waals surface area contributed by atoms with Gasteiger partial charge in [0.25, 0.3) is 5.91 Å². The van der Waals surface area contributed by atoms with Crippen LogP contribution >= 0.6 is 11.3 Å². The number of hydrogen-bond acceptors (Lipinski definition) is 8. The number of pyridine rings is 2. The topological polar surface area (TPSA) is 144 Å². The zero-order valence-corrected chi connectivity index (χ0v) is 20.5. The van der Waals surface area contributed by atoms with Gasteiger partial charge in [-0.05, 0) is 44.7 Å². The molecule has 1 saturated carbocycles. The van der Waals surface area contributed by atoms with E-state index in [1.54, 1.807) is 6.92 Å². The van der Waals surface area contributed by atoms with Gasteiger partial charge in [-0.1, -0.05) is 0 Å². The van der Waals surface area contributed by atoms with Crippen molar-refractivity contribution in [2.75, 3.05) is 11.9 Å². The quantitative estimate of drug-likeness (QED) is 0.200. The first kappa shape index (κ1) is 26.3. The monoisotopic (exact) mass is 535 g/mol. The molecule has 14 heteroatoms. The highest BCUT2D eigenvalue weighted by molar-refractivity contribution is 7.13. The van der Waals surface area contributed by atoms with Crippen molar-refractivity contribution in [3.8, 4) is 27.6 Å². The summed E-state index contributed by atoms with van der Waals surface area (Å²) in [5, 5.41) is 6.05.